The van der Waals surface area contributed by atoms with Crippen molar-refractivity contribution in [2.45, 2.75) is 70.4 Å². The number of carbonyl (C=O) groups excluding carboxylic acids is 4. The molecule has 12 heteroatoms. The summed E-state index contributed by atoms with van der Waals surface area (Å²) in [6, 6.07) is 21.6. The van der Waals surface area contributed by atoms with Gasteiger partial charge in [-0.15, -0.1) is 0 Å². The van der Waals surface area contributed by atoms with Crippen LogP contribution in [0.15, 0.2) is 90.0 Å². The van der Waals surface area contributed by atoms with Gasteiger partial charge in [0.15, 0.2) is 11.5 Å². The molecule has 1 atom stereocenters. The Morgan fingerprint density at radius 1 is 0.941 bits per heavy atom. The van der Waals surface area contributed by atoms with Crippen molar-refractivity contribution in [3.63, 3.8) is 0 Å². The monoisotopic (exact) mass is 698 g/mol. The number of amides is 3. The van der Waals surface area contributed by atoms with Crippen molar-refractivity contribution in [3.8, 4) is 11.5 Å². The van der Waals surface area contributed by atoms with Crippen molar-refractivity contribution in [2.24, 2.45) is 5.10 Å². The molecule has 3 N–H and O–H groups in total. The molecule has 0 saturated carbocycles. The quantitative estimate of drug-likeness (QED) is 0.0434. The van der Waals surface area contributed by atoms with Crippen LogP contribution < -0.4 is 20.4 Å². The molecule has 4 rings (SSSR count). The van der Waals surface area contributed by atoms with Crippen LogP contribution in [0.3, 0.4) is 0 Å². The van der Waals surface area contributed by atoms with Crippen molar-refractivity contribution in [3.05, 3.63) is 107 Å². The molecule has 0 saturated heterocycles. The summed E-state index contributed by atoms with van der Waals surface area (Å²) in [5, 5.41) is 12.7. The summed E-state index contributed by atoms with van der Waals surface area (Å²) in [6.45, 7) is 0.841. The highest BCUT2D eigenvalue weighted by Gasteiger charge is 2.27. The lowest BCUT2D eigenvalue weighted by Crippen LogP contribution is -2.37. The molecule has 270 valence electrons. The second-order valence-corrected chi connectivity index (χ2v) is 12.0. The normalized spacial score (nSPS) is 16.0. The van der Waals surface area contributed by atoms with E-state index in [0.717, 1.165) is 36.0 Å². The maximum Gasteiger partial charge on any atom is 0.306 e. The Kier molecular flexibility index (Phi) is 15.7. The average Bonchev–Trinajstić information content (AvgIpc) is 3.15. The van der Waals surface area contributed by atoms with E-state index in [1.807, 2.05) is 66.7 Å². The largest absolute Gasteiger partial charge is 0.493 e. The lowest BCUT2D eigenvalue weighted by molar-refractivity contribution is -0.149. The van der Waals surface area contributed by atoms with Crippen LogP contribution >= 0.6 is 0 Å². The van der Waals surface area contributed by atoms with E-state index in [1.54, 1.807) is 28.6 Å². The Morgan fingerprint density at radius 3 is 2.43 bits per heavy atom. The predicted octanol–water partition coefficient (Wildman–Crippen LogP) is 6.04. The zero-order chi connectivity index (χ0) is 36.3. The predicted molar refractivity (Wildman–Crippen MR) is 191 cm³/mol. The molecule has 1 aliphatic heterocycles. The second-order valence-electron chi connectivity index (χ2n) is 12.0. The fraction of sp³-hybridized carbons (Fsp3) is 0.359. The fourth-order valence-electron chi connectivity index (χ4n) is 5.49. The summed E-state index contributed by atoms with van der Waals surface area (Å²) in [5.74, 6) is -0.205. The number of cyclic esters (lactones) is 1. The molecule has 0 unspecified atom stereocenters. The maximum atomic E-state index is 13.5. The van der Waals surface area contributed by atoms with Gasteiger partial charge in [0, 0.05) is 31.4 Å². The summed E-state index contributed by atoms with van der Waals surface area (Å²) in [5.41, 5.74) is 7.04. The van der Waals surface area contributed by atoms with E-state index in [-0.39, 0.29) is 24.9 Å². The first kappa shape index (κ1) is 38.3. The van der Waals surface area contributed by atoms with Gasteiger partial charge < -0.3 is 19.1 Å². The first-order valence-electron chi connectivity index (χ1n) is 17.2. The van der Waals surface area contributed by atoms with Crippen molar-refractivity contribution >= 4 is 29.9 Å². The molecule has 3 aromatic carbocycles. The number of ether oxygens (including phenoxy) is 3. The van der Waals surface area contributed by atoms with Crippen molar-refractivity contribution < 1.29 is 38.6 Å². The number of hydrazone groups is 1. The Labute approximate surface area is 298 Å². The number of nitrogens with zero attached hydrogens (tertiary/aromatic N) is 2. The Balaban J connectivity index is 1.33. The minimum Gasteiger partial charge on any atom is -0.493 e. The van der Waals surface area contributed by atoms with E-state index < -0.39 is 17.9 Å². The van der Waals surface area contributed by atoms with Crippen molar-refractivity contribution in [1.29, 1.82) is 0 Å². The molecule has 0 bridgehead atoms. The molecule has 0 aromatic heterocycles. The molecular weight excluding hydrogens is 652 g/mol. The number of allylic oxidation sites excluding steroid dienone is 2. The van der Waals surface area contributed by atoms with Gasteiger partial charge in [-0.25, -0.2) is 10.9 Å². The first-order chi connectivity index (χ1) is 24.9. The van der Waals surface area contributed by atoms with Gasteiger partial charge in [-0.3, -0.25) is 24.4 Å². The molecule has 3 aromatic rings. The lowest BCUT2D eigenvalue weighted by Gasteiger charge is -2.32. The molecule has 1 heterocycles. The number of hydroxylamine groups is 1. The number of esters is 1. The number of nitrogens with one attached hydrogen (secondary N) is 2. The van der Waals surface area contributed by atoms with Crippen molar-refractivity contribution in [1.82, 2.24) is 15.8 Å². The smallest absolute Gasteiger partial charge is 0.306 e. The zero-order valence-electron chi connectivity index (χ0n) is 28.9. The summed E-state index contributed by atoms with van der Waals surface area (Å²) < 4.78 is 16.9. The third-order valence-corrected chi connectivity index (χ3v) is 8.31. The molecule has 0 fully saturated rings. The van der Waals surface area contributed by atoms with E-state index in [4.69, 9.17) is 19.4 Å². The topological polar surface area (TPSA) is 156 Å². The Hall–Kier alpha value is -5.49. The minimum atomic E-state index is -0.438. The second kappa shape index (κ2) is 20.9. The lowest BCUT2D eigenvalue weighted by atomic mass is 10.0. The third kappa shape index (κ3) is 12.7. The van der Waals surface area contributed by atoms with Crippen LogP contribution in [0.5, 0.6) is 11.5 Å². The van der Waals surface area contributed by atoms with Crippen molar-refractivity contribution in [2.75, 3.05) is 20.3 Å². The molecule has 1 aliphatic rings. The van der Waals surface area contributed by atoms with Gasteiger partial charge in [-0.2, -0.15) is 5.10 Å². The highest BCUT2D eigenvalue weighted by Crippen LogP contribution is 2.29. The first-order valence-corrected chi connectivity index (χ1v) is 17.2. The highest BCUT2D eigenvalue weighted by atomic mass is 16.5. The van der Waals surface area contributed by atoms with Gasteiger partial charge in [0.2, 0.25) is 11.8 Å². The molecular formula is C39H46N4O8. The number of rotatable bonds is 15. The summed E-state index contributed by atoms with van der Waals surface area (Å²) in [6.07, 6.45) is 10.7. The van der Waals surface area contributed by atoms with Crippen LogP contribution in [0.2, 0.25) is 0 Å². The summed E-state index contributed by atoms with van der Waals surface area (Å²) >= 11 is 0. The number of hydrogen-bond acceptors (Lipinski definition) is 9. The van der Waals surface area contributed by atoms with Crippen LogP contribution in [0.1, 0.15) is 90.9 Å². The fourth-order valence-corrected chi connectivity index (χ4v) is 5.49. The Morgan fingerprint density at radius 2 is 1.69 bits per heavy atom. The van der Waals surface area contributed by atoms with Crippen LogP contribution in [-0.4, -0.2) is 60.3 Å². The van der Waals surface area contributed by atoms with Crippen LogP contribution in [0.25, 0.3) is 0 Å². The van der Waals surface area contributed by atoms with Gasteiger partial charge in [0.25, 0.3) is 5.91 Å². The standard InChI is InChI=1S/C39H46N4O8/c1-49-35-25-32(22-23-34(35)50-24-12-5-4-9-15-36(44)42-48)39(47)41-40-26-29-18-20-30(21-19-29)27-43-33(31-13-7-6-8-14-31)28-51-38(46)17-11-3-2-10-16-37(43)45/h2-3,6-8,13-14,18-23,25-26,33,48H,4-5,9-12,15-17,24,27-28H2,1H3,(H,41,47)(H,42,44)/b3-2+,40-26+/t33-/m1/s1. The number of hydrogen-bond donors (Lipinski definition) is 3. The van der Waals surface area contributed by atoms with E-state index in [9.17, 15) is 19.2 Å². The SMILES string of the molecule is COc1cc(C(=O)N/N=C/c2ccc(CN3C(=O)CC/C=C/CCC(=O)OC[C@@H]3c3ccccc3)cc2)ccc1OCCCCCCC(=O)NO. The number of carbonyl (C=O) groups is 4. The minimum absolute atomic E-state index is 0.0336. The van der Waals surface area contributed by atoms with Crippen LogP contribution in [0, 0.1) is 0 Å². The van der Waals surface area contributed by atoms with Gasteiger partial charge in [-0.1, -0.05) is 79.6 Å². The maximum absolute atomic E-state index is 13.5. The molecule has 51 heavy (non-hydrogen) atoms. The zero-order valence-corrected chi connectivity index (χ0v) is 28.9. The highest BCUT2D eigenvalue weighted by molar-refractivity contribution is 5.95. The number of unbranched alkanes of at least 4 members (excludes halogenated alkanes) is 3. The summed E-state index contributed by atoms with van der Waals surface area (Å²) in [4.78, 5) is 51.6. The van der Waals surface area contributed by atoms with Gasteiger partial charge in [0.1, 0.15) is 6.61 Å². The van der Waals surface area contributed by atoms with E-state index in [0.29, 0.717) is 62.3 Å². The van der Waals surface area contributed by atoms with E-state index >= 15 is 0 Å². The van der Waals surface area contributed by atoms with E-state index in [2.05, 4.69) is 10.5 Å². The van der Waals surface area contributed by atoms with Gasteiger partial charge in [0.05, 0.1) is 26.0 Å². The van der Waals surface area contributed by atoms with E-state index in [1.165, 1.54) is 13.3 Å². The van der Waals surface area contributed by atoms with Crippen LogP contribution in [0.4, 0.5) is 0 Å². The van der Waals surface area contributed by atoms with Gasteiger partial charge >= 0.3 is 5.97 Å². The molecule has 0 radical (unpaired) electrons. The average molecular weight is 699 g/mol. The summed E-state index contributed by atoms with van der Waals surface area (Å²) in [7, 11) is 1.50. The third-order valence-electron chi connectivity index (χ3n) is 8.31. The number of methoxy groups -OCH3 is 1. The van der Waals surface area contributed by atoms with Gasteiger partial charge in [-0.05, 0) is 60.6 Å². The molecule has 0 spiro atoms. The van der Waals surface area contributed by atoms with Crippen LogP contribution in [-0.2, 0) is 25.7 Å². The molecule has 0 aliphatic carbocycles. The molecule has 3 amide bonds. The number of benzene rings is 3. The molecule has 12 nitrogen and oxygen atoms in total. The Bertz CT molecular complexity index is 1640.